The number of rotatable bonds is 4. The Balaban J connectivity index is 2.06. The standard InChI is InChI=1S/C13H18ClNO2S/c1-18(16,17)13-5-3-2-4-12(13)15-9-10-6-7-11(14)8-10/h2-5,10-11,15H,6-9H2,1H3. The van der Waals surface area contributed by atoms with Crippen molar-refractivity contribution in [1.82, 2.24) is 0 Å². The van der Waals surface area contributed by atoms with E-state index >= 15 is 0 Å². The number of nitrogens with one attached hydrogen (secondary N) is 1. The van der Waals surface area contributed by atoms with Crippen LogP contribution in [0.1, 0.15) is 19.3 Å². The molecule has 0 amide bonds. The maximum atomic E-state index is 11.6. The van der Waals surface area contributed by atoms with Crippen LogP contribution in [0.25, 0.3) is 0 Å². The largest absolute Gasteiger partial charge is 0.384 e. The molecule has 0 saturated heterocycles. The van der Waals surface area contributed by atoms with E-state index in [2.05, 4.69) is 5.32 Å². The second-order valence-electron chi connectivity index (χ2n) is 4.93. The molecule has 0 aromatic heterocycles. The van der Waals surface area contributed by atoms with Gasteiger partial charge in [-0.1, -0.05) is 12.1 Å². The quantitative estimate of drug-likeness (QED) is 0.866. The lowest BCUT2D eigenvalue weighted by Gasteiger charge is -2.14. The molecule has 1 aromatic rings. The topological polar surface area (TPSA) is 46.2 Å². The van der Waals surface area contributed by atoms with Gasteiger partial charge in [-0.3, -0.25) is 0 Å². The molecule has 1 fully saturated rings. The van der Waals surface area contributed by atoms with Gasteiger partial charge >= 0.3 is 0 Å². The molecule has 3 nitrogen and oxygen atoms in total. The minimum Gasteiger partial charge on any atom is -0.384 e. The van der Waals surface area contributed by atoms with E-state index in [1.54, 1.807) is 12.1 Å². The fraction of sp³-hybridized carbons (Fsp3) is 0.538. The van der Waals surface area contributed by atoms with E-state index in [0.717, 1.165) is 25.8 Å². The summed E-state index contributed by atoms with van der Waals surface area (Å²) in [5.41, 5.74) is 0.693. The van der Waals surface area contributed by atoms with Crippen LogP contribution >= 0.6 is 11.6 Å². The zero-order valence-electron chi connectivity index (χ0n) is 10.4. The van der Waals surface area contributed by atoms with E-state index in [4.69, 9.17) is 11.6 Å². The summed E-state index contributed by atoms with van der Waals surface area (Å²) in [6, 6.07) is 7.03. The third kappa shape index (κ3) is 3.39. The molecule has 1 aromatic carbocycles. The Hall–Kier alpha value is -0.740. The van der Waals surface area contributed by atoms with Crippen LogP contribution in [0.3, 0.4) is 0 Å². The van der Waals surface area contributed by atoms with Crippen LogP contribution < -0.4 is 5.32 Å². The van der Waals surface area contributed by atoms with Gasteiger partial charge < -0.3 is 5.32 Å². The Bertz CT molecular complexity index is 515. The SMILES string of the molecule is CS(=O)(=O)c1ccccc1NCC1CCC(Cl)C1. The van der Waals surface area contributed by atoms with E-state index in [9.17, 15) is 8.42 Å². The minimum atomic E-state index is -3.18. The highest BCUT2D eigenvalue weighted by atomic mass is 35.5. The number of benzene rings is 1. The van der Waals surface area contributed by atoms with Crippen molar-refractivity contribution in [3.63, 3.8) is 0 Å². The summed E-state index contributed by atoms with van der Waals surface area (Å²) in [5.74, 6) is 0.542. The number of para-hydroxylation sites is 1. The zero-order valence-corrected chi connectivity index (χ0v) is 12.0. The molecule has 1 saturated carbocycles. The van der Waals surface area contributed by atoms with Gasteiger partial charge in [0.2, 0.25) is 0 Å². The average molecular weight is 288 g/mol. The van der Waals surface area contributed by atoms with Crippen molar-refractivity contribution in [2.75, 3.05) is 18.1 Å². The van der Waals surface area contributed by atoms with Gasteiger partial charge in [0, 0.05) is 18.2 Å². The summed E-state index contributed by atoms with van der Waals surface area (Å²) in [4.78, 5) is 0.366. The van der Waals surface area contributed by atoms with Crippen molar-refractivity contribution in [2.24, 2.45) is 5.92 Å². The molecule has 0 heterocycles. The van der Waals surface area contributed by atoms with Crippen LogP contribution in [0.5, 0.6) is 0 Å². The highest BCUT2D eigenvalue weighted by molar-refractivity contribution is 7.90. The second-order valence-corrected chi connectivity index (χ2v) is 7.53. The number of sulfone groups is 1. The third-order valence-corrected chi connectivity index (χ3v) is 4.90. The molecule has 100 valence electrons. The Morgan fingerprint density at radius 1 is 1.33 bits per heavy atom. The van der Waals surface area contributed by atoms with Gasteiger partial charge in [-0.2, -0.15) is 0 Å². The van der Waals surface area contributed by atoms with Gasteiger partial charge in [0.1, 0.15) is 0 Å². The molecule has 1 aliphatic rings. The lowest BCUT2D eigenvalue weighted by atomic mass is 10.1. The van der Waals surface area contributed by atoms with Crippen molar-refractivity contribution >= 4 is 27.1 Å². The highest BCUT2D eigenvalue weighted by Crippen LogP contribution is 2.30. The molecule has 2 rings (SSSR count). The number of anilines is 1. The van der Waals surface area contributed by atoms with Crippen LogP contribution in [0, 0.1) is 5.92 Å². The highest BCUT2D eigenvalue weighted by Gasteiger charge is 2.23. The van der Waals surface area contributed by atoms with E-state index in [1.807, 2.05) is 12.1 Å². The molecule has 0 bridgehead atoms. The number of hydrogen-bond donors (Lipinski definition) is 1. The monoisotopic (exact) mass is 287 g/mol. The van der Waals surface area contributed by atoms with E-state index in [-0.39, 0.29) is 5.38 Å². The lowest BCUT2D eigenvalue weighted by molar-refractivity contribution is 0.579. The summed E-state index contributed by atoms with van der Waals surface area (Å²) < 4.78 is 23.3. The van der Waals surface area contributed by atoms with Crippen molar-refractivity contribution in [3.05, 3.63) is 24.3 Å². The third-order valence-electron chi connectivity index (χ3n) is 3.34. The summed E-state index contributed by atoms with van der Waals surface area (Å²) >= 11 is 6.07. The number of halogens is 1. The Morgan fingerprint density at radius 3 is 2.67 bits per heavy atom. The van der Waals surface area contributed by atoms with Gasteiger partial charge in [0.05, 0.1) is 10.6 Å². The number of hydrogen-bond acceptors (Lipinski definition) is 3. The summed E-state index contributed by atoms with van der Waals surface area (Å²) in [5, 5.41) is 3.52. The van der Waals surface area contributed by atoms with Crippen LogP contribution in [-0.2, 0) is 9.84 Å². The molecule has 5 heteroatoms. The molecule has 2 atom stereocenters. The molecular formula is C13H18ClNO2S. The molecule has 0 radical (unpaired) electrons. The van der Waals surface area contributed by atoms with Crippen LogP contribution in [0.4, 0.5) is 5.69 Å². The van der Waals surface area contributed by atoms with E-state index < -0.39 is 9.84 Å². The van der Waals surface area contributed by atoms with Gasteiger partial charge in [-0.05, 0) is 37.3 Å². The van der Waals surface area contributed by atoms with Crippen LogP contribution in [0.15, 0.2) is 29.2 Å². The molecular weight excluding hydrogens is 270 g/mol. The van der Waals surface area contributed by atoms with Crippen molar-refractivity contribution in [2.45, 2.75) is 29.5 Å². The Kier molecular flexibility index (Phi) is 4.17. The summed E-state index contributed by atoms with van der Waals surface area (Å²) in [6.07, 6.45) is 4.41. The van der Waals surface area contributed by atoms with Crippen molar-refractivity contribution in [1.29, 1.82) is 0 Å². The first-order valence-corrected chi connectivity index (χ1v) is 8.46. The first-order chi connectivity index (χ1) is 8.47. The van der Waals surface area contributed by atoms with Gasteiger partial charge in [-0.15, -0.1) is 11.6 Å². The van der Waals surface area contributed by atoms with E-state index in [1.165, 1.54) is 6.26 Å². The van der Waals surface area contributed by atoms with Crippen LogP contribution in [0.2, 0.25) is 0 Å². The Labute approximate surface area is 113 Å². The van der Waals surface area contributed by atoms with Gasteiger partial charge in [-0.25, -0.2) is 8.42 Å². The van der Waals surface area contributed by atoms with Gasteiger partial charge in [0.25, 0.3) is 0 Å². The minimum absolute atomic E-state index is 0.280. The predicted octanol–water partition coefficient (Wildman–Crippen LogP) is 2.91. The smallest absolute Gasteiger partial charge is 0.177 e. The first kappa shape index (κ1) is 13.7. The maximum absolute atomic E-state index is 11.6. The molecule has 1 aliphatic carbocycles. The van der Waals surface area contributed by atoms with Gasteiger partial charge in [0.15, 0.2) is 9.84 Å². The average Bonchev–Trinajstić information content (AvgIpc) is 2.72. The molecule has 1 N–H and O–H groups in total. The second kappa shape index (κ2) is 5.49. The summed E-state index contributed by atoms with van der Waals surface area (Å²) in [7, 11) is -3.18. The fourth-order valence-electron chi connectivity index (χ4n) is 2.39. The lowest BCUT2D eigenvalue weighted by Crippen LogP contribution is -2.14. The summed E-state index contributed by atoms with van der Waals surface area (Å²) in [6.45, 7) is 0.787. The number of alkyl halides is 1. The van der Waals surface area contributed by atoms with Crippen molar-refractivity contribution < 1.29 is 8.42 Å². The molecule has 0 aliphatic heterocycles. The maximum Gasteiger partial charge on any atom is 0.177 e. The molecule has 2 unspecified atom stereocenters. The van der Waals surface area contributed by atoms with E-state index in [0.29, 0.717) is 16.5 Å². The molecule has 18 heavy (non-hydrogen) atoms. The van der Waals surface area contributed by atoms with Crippen molar-refractivity contribution in [3.8, 4) is 0 Å². The normalized spacial score (nSPS) is 24.1. The molecule has 0 spiro atoms. The zero-order chi connectivity index (χ0) is 13.2. The first-order valence-electron chi connectivity index (χ1n) is 6.14. The van der Waals surface area contributed by atoms with Crippen LogP contribution in [-0.4, -0.2) is 26.6 Å². The predicted molar refractivity (Wildman–Crippen MR) is 75.0 cm³/mol. The fourth-order valence-corrected chi connectivity index (χ4v) is 3.63. The Morgan fingerprint density at radius 2 is 2.06 bits per heavy atom.